The van der Waals surface area contributed by atoms with Crippen molar-refractivity contribution in [3.8, 4) is 0 Å². The van der Waals surface area contributed by atoms with Gasteiger partial charge in [0.2, 0.25) is 0 Å². The molecule has 0 saturated carbocycles. The number of amides is 1. The lowest BCUT2D eigenvalue weighted by Crippen LogP contribution is -2.40. The fraction of sp³-hybridized carbons (Fsp3) is 0.364. The molecule has 0 fully saturated rings. The second-order valence-electron chi connectivity index (χ2n) is 3.58. The summed E-state index contributed by atoms with van der Waals surface area (Å²) in [5, 5.41) is 9.39. The van der Waals surface area contributed by atoms with Gasteiger partial charge in [-0.3, -0.25) is 4.79 Å². The van der Waals surface area contributed by atoms with Gasteiger partial charge in [-0.1, -0.05) is 22.0 Å². The van der Waals surface area contributed by atoms with Gasteiger partial charge in [-0.25, -0.2) is 0 Å². The number of carbonyl (C=O) groups excluding carboxylic acids is 1. The van der Waals surface area contributed by atoms with Crippen LogP contribution in [-0.4, -0.2) is 30.7 Å². The lowest BCUT2D eigenvalue weighted by atomic mass is 10.1. The quantitative estimate of drug-likeness (QED) is 0.873. The van der Waals surface area contributed by atoms with E-state index in [1.54, 1.807) is 7.05 Å². The van der Waals surface area contributed by atoms with Crippen molar-refractivity contribution < 1.29 is 9.90 Å². The third-order valence-corrected chi connectivity index (χ3v) is 2.86. The Morgan fingerprint density at radius 1 is 1.62 bits per heavy atom. The molecule has 0 aliphatic carbocycles. The summed E-state index contributed by atoms with van der Waals surface area (Å²) in [6, 6.07) is 5.63. The molecule has 1 unspecified atom stereocenters. The van der Waals surface area contributed by atoms with E-state index in [0.29, 0.717) is 0 Å². The molecular formula is C11H15BrN2O2. The summed E-state index contributed by atoms with van der Waals surface area (Å²) in [6.45, 7) is 1.83. The number of benzene rings is 1. The first-order valence-electron chi connectivity index (χ1n) is 4.89. The Hall–Kier alpha value is -0.910. The van der Waals surface area contributed by atoms with Crippen molar-refractivity contribution in [2.24, 2.45) is 5.73 Å². The summed E-state index contributed by atoms with van der Waals surface area (Å²) < 4.78 is 0.884. The Balaban J connectivity index is 3.00. The van der Waals surface area contributed by atoms with Crippen molar-refractivity contribution in [3.63, 3.8) is 0 Å². The maximum atomic E-state index is 11.7. The summed E-state index contributed by atoms with van der Waals surface area (Å²) in [4.78, 5) is 13.1. The molecule has 4 nitrogen and oxygen atoms in total. The maximum absolute atomic E-state index is 11.7. The number of halogens is 1. The number of nitrogens with zero attached hydrogens (tertiary/aromatic N) is 1. The summed E-state index contributed by atoms with van der Waals surface area (Å²) in [7, 11) is 1.62. The number of nitrogens with two attached hydrogens (primary N) is 1. The van der Waals surface area contributed by atoms with E-state index in [2.05, 4.69) is 15.9 Å². The van der Waals surface area contributed by atoms with Crippen molar-refractivity contribution in [2.75, 3.05) is 18.5 Å². The second kappa shape index (κ2) is 5.43. The van der Waals surface area contributed by atoms with Gasteiger partial charge in [-0.15, -0.1) is 0 Å². The molecule has 1 rings (SSSR count). The highest BCUT2D eigenvalue weighted by atomic mass is 79.9. The lowest BCUT2D eigenvalue weighted by molar-refractivity contribution is -0.125. The van der Waals surface area contributed by atoms with Crippen molar-refractivity contribution in [3.05, 3.63) is 28.2 Å². The summed E-state index contributed by atoms with van der Waals surface area (Å²) in [5.41, 5.74) is 6.97. The average Bonchev–Trinajstić information content (AvgIpc) is 2.29. The Morgan fingerprint density at radius 3 is 2.81 bits per heavy atom. The van der Waals surface area contributed by atoms with Gasteiger partial charge in [0.05, 0.1) is 0 Å². The zero-order chi connectivity index (χ0) is 12.3. The minimum absolute atomic E-state index is 0.0732. The summed E-state index contributed by atoms with van der Waals surface area (Å²) in [5.74, 6) is -0.399. The lowest BCUT2D eigenvalue weighted by Gasteiger charge is -2.22. The minimum atomic E-state index is -1.15. The summed E-state index contributed by atoms with van der Waals surface area (Å²) in [6.07, 6.45) is -1.15. The van der Waals surface area contributed by atoms with Crippen LogP contribution in [0.3, 0.4) is 0 Å². The number of aliphatic hydroxyl groups excluding tert-OH is 1. The van der Waals surface area contributed by atoms with Gasteiger partial charge in [0.15, 0.2) is 0 Å². The molecule has 0 heterocycles. The first-order chi connectivity index (χ1) is 7.47. The number of hydrogen-bond donors (Lipinski definition) is 2. The van der Waals surface area contributed by atoms with E-state index >= 15 is 0 Å². The SMILES string of the molecule is Cc1ccc(Br)cc1N(C)C(=O)C(O)CN. The van der Waals surface area contributed by atoms with Crippen LogP contribution >= 0.6 is 15.9 Å². The zero-order valence-electron chi connectivity index (χ0n) is 9.27. The fourth-order valence-corrected chi connectivity index (χ4v) is 1.74. The van der Waals surface area contributed by atoms with Crippen molar-refractivity contribution in [2.45, 2.75) is 13.0 Å². The molecule has 1 aromatic carbocycles. The van der Waals surface area contributed by atoms with E-state index in [1.807, 2.05) is 25.1 Å². The van der Waals surface area contributed by atoms with E-state index < -0.39 is 12.0 Å². The van der Waals surface area contributed by atoms with Gasteiger partial charge in [0.25, 0.3) is 5.91 Å². The van der Waals surface area contributed by atoms with Crippen LogP contribution in [-0.2, 0) is 4.79 Å². The number of aryl methyl sites for hydroxylation is 1. The van der Waals surface area contributed by atoms with Crippen molar-refractivity contribution in [1.82, 2.24) is 0 Å². The molecule has 1 aromatic rings. The van der Waals surface area contributed by atoms with Crippen LogP contribution in [0.25, 0.3) is 0 Å². The molecule has 0 spiro atoms. The van der Waals surface area contributed by atoms with Gasteiger partial charge < -0.3 is 15.7 Å². The maximum Gasteiger partial charge on any atom is 0.256 e. The van der Waals surface area contributed by atoms with Crippen LogP contribution in [0, 0.1) is 6.92 Å². The van der Waals surface area contributed by atoms with Gasteiger partial charge >= 0.3 is 0 Å². The Kier molecular flexibility index (Phi) is 4.46. The number of hydrogen-bond acceptors (Lipinski definition) is 3. The van der Waals surface area contributed by atoms with E-state index in [1.165, 1.54) is 4.90 Å². The number of anilines is 1. The third-order valence-electron chi connectivity index (χ3n) is 2.37. The molecule has 88 valence electrons. The fourth-order valence-electron chi connectivity index (χ4n) is 1.39. The first-order valence-corrected chi connectivity index (χ1v) is 5.68. The number of likely N-dealkylation sites (N-methyl/N-ethyl adjacent to an activating group) is 1. The van der Waals surface area contributed by atoms with Crippen molar-refractivity contribution in [1.29, 1.82) is 0 Å². The van der Waals surface area contributed by atoms with E-state index in [-0.39, 0.29) is 6.54 Å². The molecule has 0 aliphatic rings. The van der Waals surface area contributed by atoms with Crippen LogP contribution in [0.4, 0.5) is 5.69 Å². The molecular weight excluding hydrogens is 272 g/mol. The summed E-state index contributed by atoms with van der Waals surface area (Å²) >= 11 is 3.34. The standard InChI is InChI=1S/C11H15BrN2O2/c1-7-3-4-8(12)5-9(7)14(2)11(16)10(15)6-13/h3-5,10,15H,6,13H2,1-2H3. The molecule has 3 N–H and O–H groups in total. The third kappa shape index (κ3) is 2.81. The van der Waals surface area contributed by atoms with Crippen LogP contribution in [0.15, 0.2) is 22.7 Å². The van der Waals surface area contributed by atoms with Crippen LogP contribution in [0.5, 0.6) is 0 Å². The topological polar surface area (TPSA) is 66.6 Å². The number of carbonyl (C=O) groups is 1. The molecule has 0 saturated heterocycles. The smallest absolute Gasteiger partial charge is 0.256 e. The Morgan fingerprint density at radius 2 is 2.25 bits per heavy atom. The van der Waals surface area contributed by atoms with E-state index in [4.69, 9.17) is 5.73 Å². The molecule has 0 bridgehead atoms. The van der Waals surface area contributed by atoms with E-state index in [0.717, 1.165) is 15.7 Å². The van der Waals surface area contributed by atoms with Crippen LogP contribution in [0.1, 0.15) is 5.56 Å². The molecule has 1 atom stereocenters. The Bertz CT molecular complexity index is 396. The largest absolute Gasteiger partial charge is 0.382 e. The normalized spacial score (nSPS) is 12.3. The minimum Gasteiger partial charge on any atom is -0.382 e. The Labute approximate surface area is 103 Å². The van der Waals surface area contributed by atoms with Gasteiger partial charge in [0.1, 0.15) is 6.10 Å². The number of rotatable bonds is 3. The van der Waals surface area contributed by atoms with Gasteiger partial charge in [0, 0.05) is 23.8 Å². The highest BCUT2D eigenvalue weighted by molar-refractivity contribution is 9.10. The predicted octanol–water partition coefficient (Wildman–Crippen LogP) is 1.04. The highest BCUT2D eigenvalue weighted by Crippen LogP contribution is 2.24. The predicted molar refractivity (Wildman–Crippen MR) is 67.4 cm³/mol. The molecule has 0 aliphatic heterocycles. The van der Waals surface area contributed by atoms with Gasteiger partial charge in [-0.05, 0) is 24.6 Å². The molecule has 0 radical (unpaired) electrons. The zero-order valence-corrected chi connectivity index (χ0v) is 10.9. The highest BCUT2D eigenvalue weighted by Gasteiger charge is 2.20. The second-order valence-corrected chi connectivity index (χ2v) is 4.50. The van der Waals surface area contributed by atoms with E-state index in [9.17, 15) is 9.90 Å². The number of aliphatic hydroxyl groups is 1. The van der Waals surface area contributed by atoms with Gasteiger partial charge in [-0.2, -0.15) is 0 Å². The van der Waals surface area contributed by atoms with Crippen molar-refractivity contribution >= 4 is 27.5 Å². The monoisotopic (exact) mass is 286 g/mol. The van der Waals surface area contributed by atoms with Crippen LogP contribution < -0.4 is 10.6 Å². The van der Waals surface area contributed by atoms with Crippen LogP contribution in [0.2, 0.25) is 0 Å². The molecule has 5 heteroatoms. The molecule has 1 amide bonds. The average molecular weight is 287 g/mol. The molecule has 0 aromatic heterocycles. The first kappa shape index (κ1) is 13.2. The molecule has 16 heavy (non-hydrogen) atoms.